The Bertz CT molecular complexity index is 833. The molecular formula is C18H14Cl2FNO4. The van der Waals surface area contributed by atoms with Crippen LogP contribution in [0.2, 0.25) is 10.0 Å². The van der Waals surface area contributed by atoms with Crippen molar-refractivity contribution >= 4 is 35.0 Å². The smallest absolute Gasteiger partial charge is 0.261 e. The molecule has 1 aliphatic heterocycles. The number of imide groups is 1. The molecular weight excluding hydrogens is 384 g/mol. The maximum Gasteiger partial charge on any atom is 0.261 e. The number of ether oxygens (including phenoxy) is 1. The number of β-amino-alcohol motifs (C(OH)–C–C–N with tert-alkyl or cyclic N) is 1. The van der Waals surface area contributed by atoms with E-state index in [9.17, 15) is 19.1 Å². The standard InChI is InChI=1S/C18H14Cl2FNO4/c19-14-5-12-13(6-15(14)20)18(25)22(17(12)24)7-11(23)9-26-8-10-3-1-2-4-16(10)21/h1-6,11,23H,7-9H2/t11-/m1/s1. The fourth-order valence-electron chi connectivity index (χ4n) is 2.63. The summed E-state index contributed by atoms with van der Waals surface area (Å²) in [7, 11) is 0. The second-order valence-corrected chi connectivity index (χ2v) is 6.61. The Labute approximate surface area is 158 Å². The molecule has 5 nitrogen and oxygen atoms in total. The number of benzene rings is 2. The lowest BCUT2D eigenvalue weighted by molar-refractivity contribution is 0.0113. The summed E-state index contributed by atoms with van der Waals surface area (Å²) in [6.45, 7) is -0.445. The summed E-state index contributed by atoms with van der Waals surface area (Å²) >= 11 is 11.8. The molecule has 2 aromatic carbocycles. The highest BCUT2D eigenvalue weighted by Crippen LogP contribution is 2.31. The van der Waals surface area contributed by atoms with Crippen LogP contribution >= 0.6 is 23.2 Å². The van der Waals surface area contributed by atoms with Crippen LogP contribution in [0.1, 0.15) is 26.3 Å². The molecule has 0 saturated carbocycles. The molecule has 136 valence electrons. The number of nitrogens with zero attached hydrogens (tertiary/aromatic N) is 1. The molecule has 1 heterocycles. The van der Waals surface area contributed by atoms with Gasteiger partial charge in [0.05, 0.1) is 47.0 Å². The van der Waals surface area contributed by atoms with E-state index in [1.54, 1.807) is 18.2 Å². The second kappa shape index (κ2) is 7.72. The maximum atomic E-state index is 13.5. The average molecular weight is 398 g/mol. The number of carbonyl (C=O) groups excluding carboxylic acids is 2. The van der Waals surface area contributed by atoms with Crippen LogP contribution in [-0.2, 0) is 11.3 Å². The number of hydrogen-bond acceptors (Lipinski definition) is 4. The van der Waals surface area contributed by atoms with Crippen molar-refractivity contribution in [2.75, 3.05) is 13.2 Å². The summed E-state index contributed by atoms with van der Waals surface area (Å²) in [5.74, 6) is -1.52. The number of carbonyl (C=O) groups is 2. The fraction of sp³-hybridized carbons (Fsp3) is 0.222. The zero-order valence-electron chi connectivity index (χ0n) is 13.4. The van der Waals surface area contributed by atoms with E-state index in [-0.39, 0.29) is 40.9 Å². The van der Waals surface area contributed by atoms with Crippen LogP contribution in [0.4, 0.5) is 4.39 Å². The number of halogens is 3. The minimum Gasteiger partial charge on any atom is -0.389 e. The lowest BCUT2D eigenvalue weighted by atomic mass is 10.1. The van der Waals surface area contributed by atoms with E-state index in [1.807, 2.05) is 0 Å². The van der Waals surface area contributed by atoms with E-state index in [1.165, 1.54) is 18.2 Å². The molecule has 0 unspecified atom stereocenters. The Morgan fingerprint density at radius 3 is 2.23 bits per heavy atom. The zero-order chi connectivity index (χ0) is 18.8. The van der Waals surface area contributed by atoms with E-state index >= 15 is 0 Å². The first-order valence-electron chi connectivity index (χ1n) is 7.73. The van der Waals surface area contributed by atoms with Crippen LogP contribution in [0, 0.1) is 5.82 Å². The van der Waals surface area contributed by atoms with Crippen molar-refractivity contribution in [3.63, 3.8) is 0 Å². The van der Waals surface area contributed by atoms with Gasteiger partial charge in [0, 0.05) is 5.56 Å². The van der Waals surface area contributed by atoms with E-state index in [0.717, 1.165) is 4.90 Å². The number of hydrogen-bond donors (Lipinski definition) is 1. The van der Waals surface area contributed by atoms with Gasteiger partial charge >= 0.3 is 0 Å². The lowest BCUT2D eigenvalue weighted by Crippen LogP contribution is -2.38. The fourth-order valence-corrected chi connectivity index (χ4v) is 2.96. The van der Waals surface area contributed by atoms with Crippen molar-refractivity contribution in [3.05, 3.63) is 69.0 Å². The number of aliphatic hydroxyl groups excluding tert-OH is 1. The third-order valence-corrected chi connectivity index (χ3v) is 4.65. The third-order valence-electron chi connectivity index (χ3n) is 3.93. The molecule has 0 radical (unpaired) electrons. The van der Waals surface area contributed by atoms with Crippen LogP contribution in [-0.4, -0.2) is 41.1 Å². The molecule has 3 rings (SSSR count). The predicted molar refractivity (Wildman–Crippen MR) is 93.9 cm³/mol. The Morgan fingerprint density at radius 1 is 1.08 bits per heavy atom. The Hall–Kier alpha value is -1.99. The summed E-state index contributed by atoms with van der Waals surface area (Å²) in [6, 6.07) is 8.78. The van der Waals surface area contributed by atoms with Gasteiger partial charge in [-0.3, -0.25) is 14.5 Å². The number of fused-ring (bicyclic) bond motifs is 1. The minimum absolute atomic E-state index is 0.0307. The molecule has 2 amide bonds. The molecule has 2 aromatic rings. The quantitative estimate of drug-likeness (QED) is 0.759. The van der Waals surface area contributed by atoms with E-state index in [0.29, 0.717) is 5.56 Å². The summed E-state index contributed by atoms with van der Waals surface area (Å²) in [6.07, 6.45) is -1.12. The lowest BCUT2D eigenvalue weighted by Gasteiger charge is -2.18. The molecule has 0 spiro atoms. The van der Waals surface area contributed by atoms with Gasteiger partial charge in [0.25, 0.3) is 11.8 Å². The highest BCUT2D eigenvalue weighted by Gasteiger charge is 2.37. The highest BCUT2D eigenvalue weighted by molar-refractivity contribution is 6.43. The number of amides is 2. The van der Waals surface area contributed by atoms with Crippen molar-refractivity contribution in [2.45, 2.75) is 12.7 Å². The minimum atomic E-state index is -1.12. The monoisotopic (exact) mass is 397 g/mol. The van der Waals surface area contributed by atoms with Crippen LogP contribution < -0.4 is 0 Å². The van der Waals surface area contributed by atoms with Crippen LogP contribution in [0.5, 0.6) is 0 Å². The molecule has 26 heavy (non-hydrogen) atoms. The molecule has 0 aromatic heterocycles. The molecule has 0 bridgehead atoms. The van der Waals surface area contributed by atoms with Crippen molar-refractivity contribution < 1.29 is 23.8 Å². The van der Waals surface area contributed by atoms with Gasteiger partial charge in [0.1, 0.15) is 5.82 Å². The molecule has 0 fully saturated rings. The molecule has 1 atom stereocenters. The molecule has 1 aliphatic rings. The predicted octanol–water partition coefficient (Wildman–Crippen LogP) is 3.31. The van der Waals surface area contributed by atoms with Crippen molar-refractivity contribution in [1.29, 1.82) is 0 Å². The van der Waals surface area contributed by atoms with Crippen molar-refractivity contribution in [1.82, 2.24) is 4.90 Å². The van der Waals surface area contributed by atoms with Gasteiger partial charge < -0.3 is 9.84 Å². The zero-order valence-corrected chi connectivity index (χ0v) is 14.9. The van der Waals surface area contributed by atoms with E-state index in [2.05, 4.69) is 0 Å². The number of rotatable bonds is 6. The average Bonchev–Trinajstić information content (AvgIpc) is 2.82. The van der Waals surface area contributed by atoms with Gasteiger partial charge in [0.15, 0.2) is 0 Å². The summed E-state index contributed by atoms with van der Waals surface area (Å²) in [5.41, 5.74) is 0.637. The van der Waals surface area contributed by atoms with Gasteiger partial charge in [-0.2, -0.15) is 0 Å². The van der Waals surface area contributed by atoms with Gasteiger partial charge in [-0.25, -0.2) is 4.39 Å². The number of aliphatic hydroxyl groups is 1. The molecule has 8 heteroatoms. The highest BCUT2D eigenvalue weighted by atomic mass is 35.5. The Kier molecular flexibility index (Phi) is 5.58. The SMILES string of the molecule is O=C1c2cc(Cl)c(Cl)cc2C(=O)N1C[C@@H](O)COCc1ccccc1F. The first-order valence-corrected chi connectivity index (χ1v) is 8.48. The third kappa shape index (κ3) is 3.73. The summed E-state index contributed by atoms with van der Waals surface area (Å²) in [5, 5.41) is 10.4. The van der Waals surface area contributed by atoms with Gasteiger partial charge in [0.2, 0.25) is 0 Å². The van der Waals surface area contributed by atoms with Gasteiger partial charge in [-0.1, -0.05) is 41.4 Å². The van der Waals surface area contributed by atoms with Crippen LogP contribution in [0.15, 0.2) is 36.4 Å². The molecule has 1 N–H and O–H groups in total. The maximum absolute atomic E-state index is 13.5. The van der Waals surface area contributed by atoms with Gasteiger partial charge in [-0.15, -0.1) is 0 Å². The largest absolute Gasteiger partial charge is 0.389 e. The second-order valence-electron chi connectivity index (χ2n) is 5.79. The van der Waals surface area contributed by atoms with Crippen LogP contribution in [0.3, 0.4) is 0 Å². The van der Waals surface area contributed by atoms with E-state index < -0.39 is 23.7 Å². The topological polar surface area (TPSA) is 66.8 Å². The normalized spacial score (nSPS) is 14.7. The first kappa shape index (κ1) is 18.8. The van der Waals surface area contributed by atoms with Gasteiger partial charge in [-0.05, 0) is 18.2 Å². The summed E-state index contributed by atoms with van der Waals surface area (Å²) < 4.78 is 18.8. The Balaban J connectivity index is 1.60. The van der Waals surface area contributed by atoms with Crippen molar-refractivity contribution in [2.24, 2.45) is 0 Å². The van der Waals surface area contributed by atoms with E-state index in [4.69, 9.17) is 27.9 Å². The molecule has 0 aliphatic carbocycles. The summed E-state index contributed by atoms with van der Waals surface area (Å²) in [4.78, 5) is 25.6. The Morgan fingerprint density at radius 2 is 1.65 bits per heavy atom. The molecule has 0 saturated heterocycles. The van der Waals surface area contributed by atoms with Crippen LogP contribution in [0.25, 0.3) is 0 Å². The first-order chi connectivity index (χ1) is 12.4. The van der Waals surface area contributed by atoms with Crippen molar-refractivity contribution in [3.8, 4) is 0 Å².